The van der Waals surface area contributed by atoms with E-state index in [0.717, 1.165) is 30.8 Å². The van der Waals surface area contributed by atoms with Gasteiger partial charge < -0.3 is 10.4 Å². The van der Waals surface area contributed by atoms with E-state index in [9.17, 15) is 4.79 Å². The topological polar surface area (TPSA) is 49.3 Å². The molecule has 0 amide bonds. The fraction of sp³-hybridized carbons (Fsp3) is 0.917. The minimum absolute atomic E-state index is 0.150. The molecule has 1 rings (SSSR count). The van der Waals surface area contributed by atoms with Crippen molar-refractivity contribution in [3.63, 3.8) is 0 Å². The standard InChI is InChI=1S/C12H23NO2S2/c1-2-3-4-10(7-12(14)15)13-11-8-16-5-6-17-9-11/h10-11,13H,2-9H2,1H3,(H,14,15)/t10-/m0/s1. The SMILES string of the molecule is CCCC[C@@H](CC(=O)O)NC1CSCCSC1. The number of thioether (sulfide) groups is 2. The van der Waals surface area contributed by atoms with Gasteiger partial charge in [-0.05, 0) is 6.42 Å². The van der Waals surface area contributed by atoms with Crippen LogP contribution in [0.4, 0.5) is 0 Å². The first-order chi connectivity index (χ1) is 8.22. The van der Waals surface area contributed by atoms with Crippen LogP contribution in [0.3, 0.4) is 0 Å². The first kappa shape index (κ1) is 15.2. The number of carbonyl (C=O) groups is 1. The van der Waals surface area contributed by atoms with Gasteiger partial charge in [-0.15, -0.1) is 0 Å². The van der Waals surface area contributed by atoms with E-state index in [2.05, 4.69) is 12.2 Å². The van der Waals surface area contributed by atoms with Crippen molar-refractivity contribution in [2.24, 2.45) is 0 Å². The van der Waals surface area contributed by atoms with E-state index in [0.29, 0.717) is 6.04 Å². The van der Waals surface area contributed by atoms with Crippen molar-refractivity contribution in [1.82, 2.24) is 5.32 Å². The fourth-order valence-corrected chi connectivity index (χ4v) is 4.37. The van der Waals surface area contributed by atoms with Crippen LogP contribution in [-0.2, 0) is 4.79 Å². The Kier molecular flexibility index (Phi) is 8.14. The van der Waals surface area contributed by atoms with Gasteiger partial charge in [0, 0.05) is 35.1 Å². The summed E-state index contributed by atoms with van der Waals surface area (Å²) >= 11 is 3.96. The Morgan fingerprint density at radius 3 is 2.59 bits per heavy atom. The number of hydrogen-bond acceptors (Lipinski definition) is 4. The number of carboxylic acid groups (broad SMARTS) is 1. The zero-order valence-corrected chi connectivity index (χ0v) is 12.1. The molecule has 3 nitrogen and oxygen atoms in total. The fourth-order valence-electron chi connectivity index (χ4n) is 1.95. The minimum atomic E-state index is -0.687. The van der Waals surface area contributed by atoms with E-state index in [1.807, 2.05) is 23.5 Å². The highest BCUT2D eigenvalue weighted by molar-refractivity contribution is 8.03. The van der Waals surface area contributed by atoms with Crippen molar-refractivity contribution >= 4 is 29.5 Å². The lowest BCUT2D eigenvalue weighted by Crippen LogP contribution is -2.42. The second kappa shape index (κ2) is 9.11. The summed E-state index contributed by atoms with van der Waals surface area (Å²) < 4.78 is 0. The molecule has 0 radical (unpaired) electrons. The zero-order valence-electron chi connectivity index (χ0n) is 10.5. The van der Waals surface area contributed by atoms with Crippen molar-refractivity contribution in [3.05, 3.63) is 0 Å². The molecule has 17 heavy (non-hydrogen) atoms. The summed E-state index contributed by atoms with van der Waals surface area (Å²) in [5.41, 5.74) is 0. The van der Waals surface area contributed by atoms with Gasteiger partial charge in [0.2, 0.25) is 0 Å². The maximum absolute atomic E-state index is 10.8. The molecule has 0 aromatic heterocycles. The lowest BCUT2D eigenvalue weighted by Gasteiger charge is -2.23. The molecule has 2 N–H and O–H groups in total. The first-order valence-corrected chi connectivity index (χ1v) is 8.66. The normalized spacial score (nSPS) is 19.8. The predicted molar refractivity (Wildman–Crippen MR) is 77.1 cm³/mol. The maximum atomic E-state index is 10.8. The number of unbranched alkanes of at least 4 members (excludes halogenated alkanes) is 1. The Morgan fingerprint density at radius 1 is 1.41 bits per heavy atom. The van der Waals surface area contributed by atoms with Gasteiger partial charge >= 0.3 is 5.97 Å². The van der Waals surface area contributed by atoms with Gasteiger partial charge in [-0.2, -0.15) is 23.5 Å². The Hall–Kier alpha value is 0.130. The van der Waals surface area contributed by atoms with Gasteiger partial charge in [0.1, 0.15) is 0 Å². The lowest BCUT2D eigenvalue weighted by atomic mass is 10.1. The van der Waals surface area contributed by atoms with Gasteiger partial charge in [0.15, 0.2) is 0 Å². The van der Waals surface area contributed by atoms with E-state index in [4.69, 9.17) is 5.11 Å². The van der Waals surface area contributed by atoms with Gasteiger partial charge in [-0.1, -0.05) is 19.8 Å². The van der Waals surface area contributed by atoms with Crippen molar-refractivity contribution in [2.75, 3.05) is 23.0 Å². The van der Waals surface area contributed by atoms with Crippen LogP contribution in [0.15, 0.2) is 0 Å². The highest BCUT2D eigenvalue weighted by atomic mass is 32.2. The van der Waals surface area contributed by atoms with Crippen molar-refractivity contribution in [1.29, 1.82) is 0 Å². The van der Waals surface area contributed by atoms with Gasteiger partial charge in [0.25, 0.3) is 0 Å². The molecule has 0 spiro atoms. The quantitative estimate of drug-likeness (QED) is 0.748. The van der Waals surface area contributed by atoms with Crippen molar-refractivity contribution in [3.8, 4) is 0 Å². The summed E-state index contributed by atoms with van der Waals surface area (Å²) in [5, 5.41) is 12.5. The molecule has 1 saturated heterocycles. The van der Waals surface area contributed by atoms with Crippen LogP contribution in [-0.4, -0.2) is 46.2 Å². The summed E-state index contributed by atoms with van der Waals surface area (Å²) in [6.07, 6.45) is 3.48. The summed E-state index contributed by atoms with van der Waals surface area (Å²) in [6.45, 7) is 2.15. The smallest absolute Gasteiger partial charge is 0.304 e. The molecule has 0 saturated carbocycles. The summed E-state index contributed by atoms with van der Waals surface area (Å²) in [7, 11) is 0. The monoisotopic (exact) mass is 277 g/mol. The highest BCUT2D eigenvalue weighted by Gasteiger charge is 2.19. The van der Waals surface area contributed by atoms with Crippen LogP contribution in [0.1, 0.15) is 32.6 Å². The first-order valence-electron chi connectivity index (χ1n) is 6.35. The molecule has 1 aliphatic heterocycles. The molecular weight excluding hydrogens is 254 g/mol. The lowest BCUT2D eigenvalue weighted by molar-refractivity contribution is -0.137. The molecule has 0 bridgehead atoms. The van der Waals surface area contributed by atoms with Crippen LogP contribution in [0.5, 0.6) is 0 Å². The molecule has 1 aliphatic rings. The Labute approximate surface area is 112 Å². The molecule has 1 fully saturated rings. The largest absolute Gasteiger partial charge is 0.481 e. The van der Waals surface area contributed by atoms with Crippen LogP contribution >= 0.6 is 23.5 Å². The van der Waals surface area contributed by atoms with Crippen LogP contribution < -0.4 is 5.32 Å². The number of rotatable bonds is 7. The number of hydrogen-bond donors (Lipinski definition) is 2. The van der Waals surface area contributed by atoms with Gasteiger partial charge in [-0.3, -0.25) is 4.79 Å². The highest BCUT2D eigenvalue weighted by Crippen LogP contribution is 2.18. The number of aliphatic carboxylic acids is 1. The zero-order chi connectivity index (χ0) is 12.5. The molecule has 0 aliphatic carbocycles. The van der Waals surface area contributed by atoms with Gasteiger partial charge in [0.05, 0.1) is 6.42 Å². The van der Waals surface area contributed by atoms with E-state index in [-0.39, 0.29) is 12.5 Å². The summed E-state index contributed by atoms with van der Waals surface area (Å²) in [4.78, 5) is 10.8. The predicted octanol–water partition coefficient (Wildman–Crippen LogP) is 2.46. The summed E-state index contributed by atoms with van der Waals surface area (Å²) in [5.74, 6) is 4.00. The minimum Gasteiger partial charge on any atom is -0.481 e. The van der Waals surface area contributed by atoms with Crippen LogP contribution in [0.2, 0.25) is 0 Å². The van der Waals surface area contributed by atoms with E-state index in [1.54, 1.807) is 0 Å². The van der Waals surface area contributed by atoms with Gasteiger partial charge in [-0.25, -0.2) is 0 Å². The average Bonchev–Trinajstić information content (AvgIpc) is 2.53. The van der Waals surface area contributed by atoms with Crippen molar-refractivity contribution in [2.45, 2.75) is 44.7 Å². The van der Waals surface area contributed by atoms with E-state index < -0.39 is 5.97 Å². The average molecular weight is 277 g/mol. The third-order valence-corrected chi connectivity index (χ3v) is 5.33. The number of nitrogens with one attached hydrogen (secondary N) is 1. The van der Waals surface area contributed by atoms with Crippen LogP contribution in [0.25, 0.3) is 0 Å². The van der Waals surface area contributed by atoms with E-state index in [1.165, 1.54) is 11.5 Å². The molecule has 100 valence electrons. The van der Waals surface area contributed by atoms with E-state index >= 15 is 0 Å². The second-order valence-corrected chi connectivity index (χ2v) is 6.75. The Bertz CT molecular complexity index is 219. The molecule has 1 heterocycles. The Morgan fingerprint density at radius 2 is 2.06 bits per heavy atom. The molecule has 1 atom stereocenters. The summed E-state index contributed by atoms with van der Waals surface area (Å²) in [6, 6.07) is 0.630. The maximum Gasteiger partial charge on any atom is 0.304 e. The number of carboxylic acids is 1. The molecular formula is C12H23NO2S2. The third kappa shape index (κ3) is 7.21. The molecule has 0 aromatic rings. The Balaban J connectivity index is 2.36. The molecule has 0 unspecified atom stereocenters. The third-order valence-electron chi connectivity index (χ3n) is 2.81. The molecule has 5 heteroatoms. The second-order valence-electron chi connectivity index (χ2n) is 4.45. The van der Waals surface area contributed by atoms with Crippen molar-refractivity contribution < 1.29 is 9.90 Å². The molecule has 0 aromatic carbocycles. The van der Waals surface area contributed by atoms with Crippen LogP contribution in [0, 0.1) is 0 Å².